The Morgan fingerprint density at radius 2 is 2.17 bits per heavy atom. The van der Waals surface area contributed by atoms with Gasteiger partial charge in [0.1, 0.15) is 11.5 Å². The number of hydrogen-bond acceptors (Lipinski definition) is 3. The minimum absolute atomic E-state index is 0.765. The van der Waals surface area contributed by atoms with E-state index in [1.54, 1.807) is 13.4 Å². The van der Waals surface area contributed by atoms with Crippen LogP contribution in [-0.4, -0.2) is 13.7 Å². The summed E-state index contributed by atoms with van der Waals surface area (Å²) in [5.41, 5.74) is 2.50. The molecule has 0 aliphatic heterocycles. The molecule has 0 atom stereocenters. The molecular formula is C15H19NO2. The van der Waals surface area contributed by atoms with E-state index in [0.29, 0.717) is 0 Å². The van der Waals surface area contributed by atoms with E-state index in [2.05, 4.69) is 24.4 Å². The van der Waals surface area contributed by atoms with E-state index < -0.39 is 0 Å². The van der Waals surface area contributed by atoms with Gasteiger partial charge in [0.2, 0.25) is 0 Å². The van der Waals surface area contributed by atoms with Crippen LogP contribution >= 0.6 is 0 Å². The van der Waals surface area contributed by atoms with Crippen molar-refractivity contribution in [2.45, 2.75) is 19.9 Å². The number of nitrogens with one attached hydrogen (secondary N) is 1. The largest absolute Gasteiger partial charge is 0.496 e. The van der Waals surface area contributed by atoms with Crippen LogP contribution in [0.1, 0.15) is 16.9 Å². The summed E-state index contributed by atoms with van der Waals surface area (Å²) >= 11 is 0. The number of methoxy groups -OCH3 is 1. The molecule has 0 radical (unpaired) electrons. The van der Waals surface area contributed by atoms with E-state index in [1.165, 1.54) is 11.1 Å². The molecule has 1 aromatic heterocycles. The SMILES string of the molecule is COc1ccc(C)cc1CCNCc1ccco1. The predicted molar refractivity (Wildman–Crippen MR) is 71.8 cm³/mol. The minimum atomic E-state index is 0.765. The third kappa shape index (κ3) is 3.37. The van der Waals surface area contributed by atoms with Crippen molar-refractivity contribution in [3.63, 3.8) is 0 Å². The topological polar surface area (TPSA) is 34.4 Å². The van der Waals surface area contributed by atoms with Gasteiger partial charge in [-0.15, -0.1) is 0 Å². The lowest BCUT2D eigenvalue weighted by atomic mass is 10.1. The zero-order valence-corrected chi connectivity index (χ0v) is 10.9. The first kappa shape index (κ1) is 12.7. The normalized spacial score (nSPS) is 10.6. The van der Waals surface area contributed by atoms with Crippen LogP contribution < -0.4 is 10.1 Å². The second kappa shape index (κ2) is 6.26. The van der Waals surface area contributed by atoms with Crippen LogP contribution in [0, 0.1) is 6.92 Å². The predicted octanol–water partition coefficient (Wildman–Crippen LogP) is 2.93. The third-order valence-electron chi connectivity index (χ3n) is 2.89. The quantitative estimate of drug-likeness (QED) is 0.795. The van der Waals surface area contributed by atoms with Gasteiger partial charge in [0, 0.05) is 0 Å². The van der Waals surface area contributed by atoms with Gasteiger partial charge in [0.25, 0.3) is 0 Å². The standard InChI is InChI=1S/C15H19NO2/c1-12-5-6-15(17-2)13(10-12)7-8-16-11-14-4-3-9-18-14/h3-6,9-10,16H,7-8,11H2,1-2H3. The Labute approximate surface area is 108 Å². The van der Waals surface area contributed by atoms with Crippen LogP contribution in [0.3, 0.4) is 0 Å². The number of aryl methyl sites for hydroxylation is 1. The van der Waals surface area contributed by atoms with Gasteiger partial charge in [-0.3, -0.25) is 0 Å². The molecule has 0 aliphatic carbocycles. The molecule has 0 aliphatic rings. The molecule has 2 rings (SSSR count). The molecule has 0 spiro atoms. The minimum Gasteiger partial charge on any atom is -0.496 e. The van der Waals surface area contributed by atoms with Gasteiger partial charge in [-0.25, -0.2) is 0 Å². The summed E-state index contributed by atoms with van der Waals surface area (Å²) in [5.74, 6) is 1.92. The van der Waals surface area contributed by atoms with E-state index in [9.17, 15) is 0 Å². The second-order valence-corrected chi connectivity index (χ2v) is 4.32. The maximum Gasteiger partial charge on any atom is 0.122 e. The zero-order valence-electron chi connectivity index (χ0n) is 10.9. The molecule has 3 nitrogen and oxygen atoms in total. The molecule has 18 heavy (non-hydrogen) atoms. The van der Waals surface area contributed by atoms with Crippen LogP contribution in [0.4, 0.5) is 0 Å². The highest BCUT2D eigenvalue weighted by atomic mass is 16.5. The molecule has 0 amide bonds. The third-order valence-corrected chi connectivity index (χ3v) is 2.89. The first-order chi connectivity index (χ1) is 8.79. The van der Waals surface area contributed by atoms with E-state index in [0.717, 1.165) is 31.0 Å². The molecule has 0 fully saturated rings. The van der Waals surface area contributed by atoms with Crippen LogP contribution in [0.25, 0.3) is 0 Å². The summed E-state index contributed by atoms with van der Waals surface area (Å²) in [5, 5.41) is 3.36. The first-order valence-electron chi connectivity index (χ1n) is 6.16. The Hall–Kier alpha value is -1.74. The molecule has 1 N–H and O–H groups in total. The highest BCUT2D eigenvalue weighted by molar-refractivity contribution is 5.37. The maximum atomic E-state index is 5.36. The molecule has 1 heterocycles. The van der Waals surface area contributed by atoms with Crippen molar-refractivity contribution in [2.24, 2.45) is 0 Å². The monoisotopic (exact) mass is 245 g/mol. The number of rotatable bonds is 6. The zero-order chi connectivity index (χ0) is 12.8. The summed E-state index contributed by atoms with van der Waals surface area (Å²) in [6, 6.07) is 10.1. The fraction of sp³-hybridized carbons (Fsp3) is 0.333. The van der Waals surface area contributed by atoms with Crippen LogP contribution in [-0.2, 0) is 13.0 Å². The fourth-order valence-electron chi connectivity index (χ4n) is 1.95. The molecule has 2 aromatic rings. The highest BCUT2D eigenvalue weighted by Crippen LogP contribution is 2.19. The van der Waals surface area contributed by atoms with Gasteiger partial charge in [0.05, 0.1) is 19.9 Å². The van der Waals surface area contributed by atoms with Gasteiger partial charge in [-0.2, -0.15) is 0 Å². The lowest BCUT2D eigenvalue weighted by molar-refractivity contribution is 0.408. The molecule has 1 aromatic carbocycles. The van der Waals surface area contributed by atoms with Crippen LogP contribution in [0.5, 0.6) is 5.75 Å². The van der Waals surface area contributed by atoms with Crippen molar-refractivity contribution in [1.82, 2.24) is 5.32 Å². The molecular weight excluding hydrogens is 226 g/mol. The molecule has 0 saturated carbocycles. The number of hydrogen-bond donors (Lipinski definition) is 1. The smallest absolute Gasteiger partial charge is 0.122 e. The van der Waals surface area contributed by atoms with E-state index in [-0.39, 0.29) is 0 Å². The summed E-state index contributed by atoms with van der Waals surface area (Å²) in [6.45, 7) is 3.76. The van der Waals surface area contributed by atoms with Gasteiger partial charge < -0.3 is 14.5 Å². The first-order valence-corrected chi connectivity index (χ1v) is 6.16. The Morgan fingerprint density at radius 3 is 2.89 bits per heavy atom. The highest BCUT2D eigenvalue weighted by Gasteiger charge is 2.03. The van der Waals surface area contributed by atoms with E-state index in [4.69, 9.17) is 9.15 Å². The fourth-order valence-corrected chi connectivity index (χ4v) is 1.95. The summed E-state index contributed by atoms with van der Waals surface area (Å²) in [4.78, 5) is 0. The van der Waals surface area contributed by atoms with Crippen molar-refractivity contribution in [3.05, 3.63) is 53.5 Å². The molecule has 0 bridgehead atoms. The van der Waals surface area contributed by atoms with Gasteiger partial charge in [-0.05, 0) is 43.7 Å². The second-order valence-electron chi connectivity index (χ2n) is 4.32. The van der Waals surface area contributed by atoms with Crippen molar-refractivity contribution < 1.29 is 9.15 Å². The Kier molecular flexibility index (Phi) is 4.42. The Bertz CT molecular complexity index is 477. The van der Waals surface area contributed by atoms with Crippen molar-refractivity contribution in [1.29, 1.82) is 0 Å². The number of furan rings is 1. The van der Waals surface area contributed by atoms with Gasteiger partial charge in [-0.1, -0.05) is 17.7 Å². The summed E-state index contributed by atoms with van der Waals surface area (Å²) < 4.78 is 10.6. The van der Waals surface area contributed by atoms with Gasteiger partial charge >= 0.3 is 0 Å². The van der Waals surface area contributed by atoms with Crippen LogP contribution in [0.15, 0.2) is 41.0 Å². The summed E-state index contributed by atoms with van der Waals surface area (Å²) in [7, 11) is 1.71. The maximum absolute atomic E-state index is 5.36. The molecule has 96 valence electrons. The lowest BCUT2D eigenvalue weighted by Gasteiger charge is -2.09. The number of ether oxygens (including phenoxy) is 1. The Morgan fingerprint density at radius 1 is 1.28 bits per heavy atom. The average Bonchev–Trinajstić information content (AvgIpc) is 2.88. The number of benzene rings is 1. The Balaban J connectivity index is 1.84. The van der Waals surface area contributed by atoms with E-state index in [1.807, 2.05) is 18.2 Å². The van der Waals surface area contributed by atoms with Crippen molar-refractivity contribution >= 4 is 0 Å². The molecule has 0 unspecified atom stereocenters. The van der Waals surface area contributed by atoms with Crippen molar-refractivity contribution in [3.8, 4) is 5.75 Å². The van der Waals surface area contributed by atoms with Crippen molar-refractivity contribution in [2.75, 3.05) is 13.7 Å². The van der Waals surface area contributed by atoms with Gasteiger partial charge in [0.15, 0.2) is 0 Å². The molecule has 3 heteroatoms. The average molecular weight is 245 g/mol. The summed E-state index contributed by atoms with van der Waals surface area (Å²) in [6.07, 6.45) is 2.64. The van der Waals surface area contributed by atoms with Crippen LogP contribution in [0.2, 0.25) is 0 Å². The van der Waals surface area contributed by atoms with E-state index >= 15 is 0 Å². The molecule has 0 saturated heterocycles. The lowest BCUT2D eigenvalue weighted by Crippen LogP contribution is -2.16.